The van der Waals surface area contributed by atoms with Gasteiger partial charge in [0, 0.05) is 17.6 Å². The lowest BCUT2D eigenvalue weighted by molar-refractivity contribution is 0.0609. The zero-order valence-corrected chi connectivity index (χ0v) is 15.1. The van der Waals surface area contributed by atoms with Gasteiger partial charge in [0.1, 0.15) is 0 Å². The summed E-state index contributed by atoms with van der Waals surface area (Å²) in [6.45, 7) is 20.3. The molecule has 1 aromatic carbocycles. The zero-order valence-electron chi connectivity index (χ0n) is 15.1. The quantitative estimate of drug-likeness (QED) is 0.679. The maximum absolute atomic E-state index is 12.9. The predicted octanol–water partition coefficient (Wildman–Crippen LogP) is 4.66. The van der Waals surface area contributed by atoms with E-state index in [9.17, 15) is 4.79 Å². The van der Waals surface area contributed by atoms with Crippen LogP contribution in [-0.4, -0.2) is 16.3 Å². The summed E-state index contributed by atoms with van der Waals surface area (Å²) >= 11 is 0. The van der Waals surface area contributed by atoms with Crippen LogP contribution in [0.25, 0.3) is 0 Å². The molecule has 0 spiro atoms. The number of amides is 1. The highest BCUT2D eigenvalue weighted by Gasteiger charge is 2.38. The van der Waals surface area contributed by atoms with Gasteiger partial charge in [0.2, 0.25) is 0 Å². The average molecular weight is 287 g/mol. The highest BCUT2D eigenvalue weighted by molar-refractivity contribution is 6.01. The lowest BCUT2D eigenvalue weighted by atomic mass is 9.77. The van der Waals surface area contributed by atoms with E-state index in [2.05, 4.69) is 62.3 Å². The molecule has 0 radical (unpaired) electrons. The first kappa shape index (κ1) is 16.1. The van der Waals surface area contributed by atoms with Crippen molar-refractivity contribution < 1.29 is 4.79 Å². The first-order valence-electron chi connectivity index (χ1n) is 7.82. The maximum Gasteiger partial charge on any atom is 0.255 e. The van der Waals surface area contributed by atoms with E-state index in [1.807, 2.05) is 4.90 Å². The van der Waals surface area contributed by atoms with Crippen molar-refractivity contribution in [3.63, 3.8) is 0 Å². The molecule has 116 valence electrons. The van der Waals surface area contributed by atoms with Crippen LogP contribution < -0.4 is 0 Å². The van der Waals surface area contributed by atoms with E-state index in [1.165, 1.54) is 22.3 Å². The molecule has 1 amide bonds. The molecule has 0 saturated carbocycles. The molecular formula is C19H29NO. The highest BCUT2D eigenvalue weighted by atomic mass is 16.2. The summed E-state index contributed by atoms with van der Waals surface area (Å²) in [4.78, 5) is 14.9. The Morgan fingerprint density at radius 2 is 1.38 bits per heavy atom. The van der Waals surface area contributed by atoms with Crippen molar-refractivity contribution in [3.8, 4) is 0 Å². The minimum absolute atomic E-state index is 0.103. The summed E-state index contributed by atoms with van der Waals surface area (Å²) in [6.07, 6.45) is 0. The zero-order chi connectivity index (χ0) is 16.3. The maximum atomic E-state index is 12.9. The number of carbonyl (C=O) groups excluding carboxylic acids is 1. The van der Waals surface area contributed by atoms with Gasteiger partial charge < -0.3 is 4.90 Å². The van der Waals surface area contributed by atoms with Gasteiger partial charge in [-0.05, 0) is 74.8 Å². The molecule has 2 heteroatoms. The molecule has 2 rings (SSSR count). The number of hydrogen-bond acceptors (Lipinski definition) is 1. The third-order valence-corrected chi connectivity index (χ3v) is 4.78. The summed E-state index contributed by atoms with van der Waals surface area (Å²) in [6, 6.07) is 0. The molecule has 0 bridgehead atoms. The molecule has 0 N–H and O–H groups in total. The fourth-order valence-corrected chi connectivity index (χ4v) is 3.74. The molecule has 0 unspecified atom stereocenters. The Morgan fingerprint density at radius 1 is 0.857 bits per heavy atom. The Bertz CT molecular complexity index is 612. The number of rotatable bonds is 0. The first-order valence-corrected chi connectivity index (χ1v) is 7.82. The third kappa shape index (κ3) is 2.39. The average Bonchev–Trinajstić information content (AvgIpc) is 2.62. The van der Waals surface area contributed by atoms with Crippen LogP contribution in [0.15, 0.2) is 0 Å². The standard InChI is InChI=1S/C19H29NO/c1-11-12(2)16(18(4,5)6)13(3)14-10-20(19(7,8)9)17(21)15(11)14/h10H2,1-9H3. The molecule has 1 heterocycles. The first-order chi connectivity index (χ1) is 9.37. The van der Waals surface area contributed by atoms with Gasteiger partial charge in [-0.2, -0.15) is 0 Å². The molecule has 0 aromatic heterocycles. The highest BCUT2D eigenvalue weighted by Crippen LogP contribution is 2.40. The topological polar surface area (TPSA) is 20.3 Å². The van der Waals surface area contributed by atoms with E-state index in [-0.39, 0.29) is 16.9 Å². The molecular weight excluding hydrogens is 258 g/mol. The second kappa shape index (κ2) is 4.59. The largest absolute Gasteiger partial charge is 0.329 e. The monoisotopic (exact) mass is 287 g/mol. The molecule has 0 fully saturated rings. The number of carbonyl (C=O) groups is 1. The van der Waals surface area contributed by atoms with E-state index < -0.39 is 0 Å². The van der Waals surface area contributed by atoms with E-state index in [4.69, 9.17) is 0 Å². The van der Waals surface area contributed by atoms with Gasteiger partial charge in [-0.25, -0.2) is 0 Å². The number of benzene rings is 1. The van der Waals surface area contributed by atoms with Crippen molar-refractivity contribution in [2.75, 3.05) is 0 Å². The Hall–Kier alpha value is -1.31. The van der Waals surface area contributed by atoms with Crippen molar-refractivity contribution >= 4 is 5.91 Å². The van der Waals surface area contributed by atoms with Crippen molar-refractivity contribution in [1.82, 2.24) is 4.90 Å². The van der Waals surface area contributed by atoms with Crippen LogP contribution in [0.5, 0.6) is 0 Å². The number of fused-ring (bicyclic) bond motifs is 1. The Morgan fingerprint density at radius 3 is 1.81 bits per heavy atom. The molecule has 1 aliphatic rings. The van der Waals surface area contributed by atoms with Crippen LogP contribution in [0.2, 0.25) is 0 Å². The Balaban J connectivity index is 2.74. The molecule has 0 atom stereocenters. The summed E-state index contributed by atoms with van der Waals surface area (Å²) in [5.74, 6) is 0.196. The van der Waals surface area contributed by atoms with Crippen molar-refractivity contribution in [3.05, 3.63) is 33.4 Å². The fourth-order valence-electron chi connectivity index (χ4n) is 3.74. The van der Waals surface area contributed by atoms with Crippen LogP contribution in [-0.2, 0) is 12.0 Å². The molecule has 21 heavy (non-hydrogen) atoms. The second-order valence-electron chi connectivity index (χ2n) is 8.42. The molecule has 1 aliphatic heterocycles. The van der Waals surface area contributed by atoms with Gasteiger partial charge in [0.25, 0.3) is 5.91 Å². The summed E-state index contributed by atoms with van der Waals surface area (Å²) in [5.41, 5.74) is 7.32. The summed E-state index contributed by atoms with van der Waals surface area (Å²) in [7, 11) is 0. The fraction of sp³-hybridized carbons (Fsp3) is 0.632. The molecule has 0 aliphatic carbocycles. The van der Waals surface area contributed by atoms with Gasteiger partial charge in [-0.1, -0.05) is 20.8 Å². The van der Waals surface area contributed by atoms with Crippen LogP contribution in [0, 0.1) is 20.8 Å². The van der Waals surface area contributed by atoms with Gasteiger partial charge in [-0.15, -0.1) is 0 Å². The Kier molecular flexibility index (Phi) is 3.51. The lowest BCUT2D eigenvalue weighted by Crippen LogP contribution is -2.41. The van der Waals surface area contributed by atoms with Crippen LogP contribution in [0.3, 0.4) is 0 Å². The summed E-state index contributed by atoms with van der Waals surface area (Å²) < 4.78 is 0. The number of nitrogens with zero attached hydrogens (tertiary/aromatic N) is 1. The van der Waals surface area contributed by atoms with Crippen LogP contribution >= 0.6 is 0 Å². The van der Waals surface area contributed by atoms with Gasteiger partial charge in [0.15, 0.2) is 0 Å². The smallest absolute Gasteiger partial charge is 0.255 e. The Labute approximate surface area is 129 Å². The van der Waals surface area contributed by atoms with E-state index in [1.54, 1.807) is 0 Å². The minimum atomic E-state index is -0.134. The third-order valence-electron chi connectivity index (χ3n) is 4.78. The normalized spacial score (nSPS) is 15.7. The van der Waals surface area contributed by atoms with E-state index in [0.717, 1.165) is 17.7 Å². The predicted molar refractivity (Wildman–Crippen MR) is 89.0 cm³/mol. The van der Waals surface area contributed by atoms with Crippen LogP contribution in [0.1, 0.15) is 79.7 Å². The van der Waals surface area contributed by atoms with Gasteiger partial charge in [0.05, 0.1) is 0 Å². The molecule has 1 aromatic rings. The lowest BCUT2D eigenvalue weighted by Gasteiger charge is -2.31. The molecule has 2 nitrogen and oxygen atoms in total. The van der Waals surface area contributed by atoms with Crippen molar-refractivity contribution in [1.29, 1.82) is 0 Å². The van der Waals surface area contributed by atoms with Crippen molar-refractivity contribution in [2.24, 2.45) is 0 Å². The van der Waals surface area contributed by atoms with Crippen molar-refractivity contribution in [2.45, 2.75) is 79.8 Å². The number of hydrogen-bond donors (Lipinski definition) is 0. The minimum Gasteiger partial charge on any atom is -0.329 e. The molecule has 0 saturated heterocycles. The van der Waals surface area contributed by atoms with Gasteiger partial charge in [-0.3, -0.25) is 4.79 Å². The van der Waals surface area contributed by atoms with E-state index >= 15 is 0 Å². The van der Waals surface area contributed by atoms with Gasteiger partial charge >= 0.3 is 0 Å². The second-order valence-corrected chi connectivity index (χ2v) is 8.42. The van der Waals surface area contributed by atoms with E-state index in [0.29, 0.717) is 0 Å². The summed E-state index contributed by atoms with van der Waals surface area (Å²) in [5, 5.41) is 0. The van der Waals surface area contributed by atoms with Crippen LogP contribution in [0.4, 0.5) is 0 Å². The SMILES string of the molecule is Cc1c(C)c(C(C)(C)C)c(C)c2c1C(=O)N(C(C)(C)C)C2.